The molecule has 2 heterocycles. The summed E-state index contributed by atoms with van der Waals surface area (Å²) in [6.07, 6.45) is 6.95. The van der Waals surface area contributed by atoms with Crippen LogP contribution >= 0.6 is 0 Å². The van der Waals surface area contributed by atoms with Gasteiger partial charge < -0.3 is 15.2 Å². The van der Waals surface area contributed by atoms with Crippen molar-refractivity contribution in [2.45, 2.75) is 58.0 Å². The molecule has 112 valence electrons. The minimum atomic E-state index is 0.188. The molecule has 2 N–H and O–H groups in total. The summed E-state index contributed by atoms with van der Waals surface area (Å²) in [6, 6.07) is 0. The maximum atomic E-state index is 12.0. The highest BCUT2D eigenvalue weighted by molar-refractivity contribution is 5.75. The number of rotatable bonds is 8. The summed E-state index contributed by atoms with van der Waals surface area (Å²) in [5.74, 6) is 2.16. The molecular weight excluding hydrogens is 254 g/mol. The topological polar surface area (TPSA) is 77.0 Å². The SMILES string of the molecule is CN(Cc1nnc2n1CCC2)C(=O)CCCCCCN. The lowest BCUT2D eigenvalue weighted by molar-refractivity contribution is -0.130. The standard InChI is InChI=1S/C14H25N5O/c1-18(14(20)8-4-2-3-5-9-15)11-13-17-16-12-7-6-10-19(12)13/h2-11,15H2,1H3. The number of nitrogens with zero attached hydrogens (tertiary/aromatic N) is 4. The number of aryl methyl sites for hydroxylation is 1. The lowest BCUT2D eigenvalue weighted by Crippen LogP contribution is -2.27. The molecule has 0 spiro atoms. The predicted molar refractivity (Wildman–Crippen MR) is 77.0 cm³/mol. The summed E-state index contributed by atoms with van der Waals surface area (Å²) in [7, 11) is 1.85. The Kier molecular flexibility index (Phi) is 5.52. The molecule has 1 aliphatic heterocycles. The van der Waals surface area contributed by atoms with Gasteiger partial charge in [-0.3, -0.25) is 4.79 Å². The average Bonchev–Trinajstić information content (AvgIpc) is 3.03. The van der Waals surface area contributed by atoms with Crippen molar-refractivity contribution in [3.63, 3.8) is 0 Å². The molecule has 1 amide bonds. The Morgan fingerprint density at radius 2 is 2.10 bits per heavy atom. The molecule has 0 radical (unpaired) electrons. The normalized spacial score (nSPS) is 13.5. The first-order chi connectivity index (χ1) is 9.72. The maximum absolute atomic E-state index is 12.0. The molecule has 0 aromatic carbocycles. The van der Waals surface area contributed by atoms with Gasteiger partial charge in [-0.15, -0.1) is 10.2 Å². The second-order valence-electron chi connectivity index (χ2n) is 5.49. The largest absolute Gasteiger partial charge is 0.338 e. The van der Waals surface area contributed by atoms with Crippen LogP contribution in [0.2, 0.25) is 0 Å². The second-order valence-corrected chi connectivity index (χ2v) is 5.49. The van der Waals surface area contributed by atoms with E-state index in [0.29, 0.717) is 13.0 Å². The van der Waals surface area contributed by atoms with E-state index in [2.05, 4.69) is 14.8 Å². The Balaban J connectivity index is 1.73. The van der Waals surface area contributed by atoms with Crippen LogP contribution in [-0.2, 0) is 24.3 Å². The number of hydrogen-bond donors (Lipinski definition) is 1. The van der Waals surface area contributed by atoms with E-state index in [9.17, 15) is 4.79 Å². The van der Waals surface area contributed by atoms with Gasteiger partial charge in [0.15, 0.2) is 5.82 Å². The Morgan fingerprint density at radius 1 is 1.30 bits per heavy atom. The Labute approximate surface area is 120 Å². The molecule has 0 unspecified atom stereocenters. The highest BCUT2D eigenvalue weighted by Crippen LogP contribution is 2.15. The van der Waals surface area contributed by atoms with Gasteiger partial charge in [-0.25, -0.2) is 0 Å². The van der Waals surface area contributed by atoms with Crippen LogP contribution in [0.4, 0.5) is 0 Å². The van der Waals surface area contributed by atoms with E-state index in [1.165, 1.54) is 0 Å². The van der Waals surface area contributed by atoms with Gasteiger partial charge in [0.25, 0.3) is 0 Å². The first-order valence-electron chi connectivity index (χ1n) is 7.57. The molecule has 0 fully saturated rings. The van der Waals surface area contributed by atoms with Gasteiger partial charge in [0, 0.05) is 26.4 Å². The minimum absolute atomic E-state index is 0.188. The quantitative estimate of drug-likeness (QED) is 0.723. The van der Waals surface area contributed by atoms with E-state index >= 15 is 0 Å². The van der Waals surface area contributed by atoms with E-state index in [0.717, 1.165) is 63.3 Å². The molecule has 1 aromatic heterocycles. The Bertz CT molecular complexity index is 443. The van der Waals surface area contributed by atoms with E-state index < -0.39 is 0 Å². The fourth-order valence-corrected chi connectivity index (χ4v) is 2.59. The Hall–Kier alpha value is -1.43. The van der Waals surface area contributed by atoms with Crippen molar-refractivity contribution < 1.29 is 4.79 Å². The fraction of sp³-hybridized carbons (Fsp3) is 0.786. The van der Waals surface area contributed by atoms with Gasteiger partial charge in [0.2, 0.25) is 5.91 Å². The van der Waals surface area contributed by atoms with Gasteiger partial charge in [-0.2, -0.15) is 0 Å². The van der Waals surface area contributed by atoms with Crippen LogP contribution < -0.4 is 5.73 Å². The van der Waals surface area contributed by atoms with Crippen molar-refractivity contribution in [1.82, 2.24) is 19.7 Å². The Morgan fingerprint density at radius 3 is 2.90 bits per heavy atom. The first kappa shape index (κ1) is 15.0. The lowest BCUT2D eigenvalue weighted by Gasteiger charge is -2.16. The van der Waals surface area contributed by atoms with Crippen molar-refractivity contribution in [2.24, 2.45) is 5.73 Å². The molecule has 20 heavy (non-hydrogen) atoms. The molecule has 0 aliphatic carbocycles. The third-order valence-corrected chi connectivity index (χ3v) is 3.84. The number of hydrogen-bond acceptors (Lipinski definition) is 4. The van der Waals surface area contributed by atoms with Crippen LogP contribution in [0, 0.1) is 0 Å². The monoisotopic (exact) mass is 279 g/mol. The van der Waals surface area contributed by atoms with Crippen molar-refractivity contribution in [1.29, 1.82) is 0 Å². The maximum Gasteiger partial charge on any atom is 0.222 e. The molecule has 0 saturated heterocycles. The second kappa shape index (κ2) is 7.38. The van der Waals surface area contributed by atoms with Gasteiger partial charge in [0.1, 0.15) is 5.82 Å². The zero-order chi connectivity index (χ0) is 14.4. The van der Waals surface area contributed by atoms with Gasteiger partial charge in [-0.1, -0.05) is 12.8 Å². The smallest absolute Gasteiger partial charge is 0.222 e. The van der Waals surface area contributed by atoms with Crippen LogP contribution in [0.3, 0.4) is 0 Å². The first-order valence-corrected chi connectivity index (χ1v) is 7.57. The number of unbranched alkanes of at least 4 members (excludes halogenated alkanes) is 3. The number of amides is 1. The molecule has 0 bridgehead atoms. The van der Waals surface area contributed by atoms with Crippen molar-refractivity contribution in [3.05, 3.63) is 11.6 Å². The lowest BCUT2D eigenvalue weighted by atomic mass is 10.1. The zero-order valence-corrected chi connectivity index (χ0v) is 12.3. The summed E-state index contributed by atoms with van der Waals surface area (Å²) in [5, 5.41) is 8.35. The molecule has 2 rings (SSSR count). The summed E-state index contributed by atoms with van der Waals surface area (Å²) >= 11 is 0. The van der Waals surface area contributed by atoms with E-state index in [-0.39, 0.29) is 5.91 Å². The molecule has 0 saturated carbocycles. The zero-order valence-electron chi connectivity index (χ0n) is 12.3. The van der Waals surface area contributed by atoms with Crippen molar-refractivity contribution >= 4 is 5.91 Å². The summed E-state index contributed by atoms with van der Waals surface area (Å²) in [4.78, 5) is 13.8. The average molecular weight is 279 g/mol. The van der Waals surface area contributed by atoms with Gasteiger partial charge in [-0.05, 0) is 25.8 Å². The van der Waals surface area contributed by atoms with Crippen LogP contribution in [-0.4, -0.2) is 39.2 Å². The number of carbonyl (C=O) groups excluding carboxylic acids is 1. The molecular formula is C14H25N5O. The predicted octanol–water partition coefficient (Wildman–Crippen LogP) is 1.09. The summed E-state index contributed by atoms with van der Waals surface area (Å²) in [6.45, 7) is 2.29. The number of carbonyl (C=O) groups is 1. The highest BCUT2D eigenvalue weighted by Gasteiger charge is 2.19. The molecule has 0 atom stereocenters. The van der Waals surface area contributed by atoms with Crippen LogP contribution in [0.15, 0.2) is 0 Å². The number of nitrogens with two attached hydrogens (primary N) is 1. The van der Waals surface area contributed by atoms with Crippen LogP contribution in [0.5, 0.6) is 0 Å². The molecule has 1 aliphatic rings. The van der Waals surface area contributed by atoms with Gasteiger partial charge in [0.05, 0.1) is 6.54 Å². The van der Waals surface area contributed by atoms with Crippen molar-refractivity contribution in [3.8, 4) is 0 Å². The minimum Gasteiger partial charge on any atom is -0.338 e. The molecule has 6 nitrogen and oxygen atoms in total. The molecule has 1 aromatic rings. The van der Waals surface area contributed by atoms with Crippen molar-refractivity contribution in [2.75, 3.05) is 13.6 Å². The third-order valence-electron chi connectivity index (χ3n) is 3.84. The summed E-state index contributed by atoms with van der Waals surface area (Å²) < 4.78 is 2.14. The van der Waals surface area contributed by atoms with Crippen LogP contribution in [0.25, 0.3) is 0 Å². The van der Waals surface area contributed by atoms with E-state index in [1.54, 1.807) is 4.90 Å². The molecule has 6 heteroatoms. The fourth-order valence-electron chi connectivity index (χ4n) is 2.59. The highest BCUT2D eigenvalue weighted by atomic mass is 16.2. The third kappa shape index (κ3) is 3.79. The summed E-state index contributed by atoms with van der Waals surface area (Å²) in [5.41, 5.74) is 5.45. The van der Waals surface area contributed by atoms with E-state index in [4.69, 9.17) is 5.73 Å². The van der Waals surface area contributed by atoms with Gasteiger partial charge >= 0.3 is 0 Å². The number of aromatic nitrogens is 3. The van der Waals surface area contributed by atoms with E-state index in [1.807, 2.05) is 7.05 Å². The van der Waals surface area contributed by atoms with Crippen LogP contribution in [0.1, 0.15) is 50.2 Å². The number of fused-ring (bicyclic) bond motifs is 1.